The first-order valence-electron chi connectivity index (χ1n) is 6.92. The number of benzene rings is 1. The number of carbonyl (C=O) groups is 1. The fraction of sp³-hybridized carbons (Fsp3) is 0.533. The van der Waals surface area contributed by atoms with Gasteiger partial charge in [-0.05, 0) is 29.9 Å². The van der Waals surface area contributed by atoms with Crippen molar-refractivity contribution in [3.05, 3.63) is 35.4 Å². The second-order valence-corrected chi connectivity index (χ2v) is 5.28. The highest BCUT2D eigenvalue weighted by Gasteiger charge is 2.25. The maximum Gasteiger partial charge on any atom is 0.316 e. The Labute approximate surface area is 115 Å². The summed E-state index contributed by atoms with van der Waals surface area (Å²) in [6, 6.07) is 8.60. The summed E-state index contributed by atoms with van der Waals surface area (Å²) in [7, 11) is 3.49. The van der Waals surface area contributed by atoms with Gasteiger partial charge in [0.15, 0.2) is 0 Å². The quantitative estimate of drug-likeness (QED) is 0.769. The molecule has 1 saturated carbocycles. The van der Waals surface area contributed by atoms with Crippen molar-refractivity contribution in [3.63, 3.8) is 0 Å². The van der Waals surface area contributed by atoms with Gasteiger partial charge in [-0.25, -0.2) is 4.79 Å². The molecular formula is C15H23N3O. The zero-order chi connectivity index (χ0) is 13.7. The van der Waals surface area contributed by atoms with Gasteiger partial charge in [0.2, 0.25) is 0 Å². The van der Waals surface area contributed by atoms with Crippen LogP contribution in [0.3, 0.4) is 0 Å². The molecule has 0 heterocycles. The van der Waals surface area contributed by atoms with Crippen LogP contribution in [-0.4, -0.2) is 38.1 Å². The number of carbonyl (C=O) groups excluding carboxylic acids is 1. The van der Waals surface area contributed by atoms with Crippen molar-refractivity contribution in [2.45, 2.75) is 25.3 Å². The normalized spacial score (nSPS) is 14.2. The molecule has 4 nitrogen and oxygen atoms in total. The van der Waals surface area contributed by atoms with Crippen LogP contribution < -0.4 is 10.6 Å². The Balaban J connectivity index is 1.70. The molecule has 1 aromatic rings. The van der Waals surface area contributed by atoms with E-state index in [1.807, 2.05) is 0 Å². The van der Waals surface area contributed by atoms with Crippen molar-refractivity contribution < 1.29 is 4.79 Å². The Hall–Kier alpha value is -1.55. The van der Waals surface area contributed by atoms with Gasteiger partial charge in [0.1, 0.15) is 0 Å². The number of amides is 2. The smallest absolute Gasteiger partial charge is 0.316 e. The van der Waals surface area contributed by atoms with Crippen LogP contribution in [0.2, 0.25) is 0 Å². The number of nitrogens with zero attached hydrogens (tertiary/aromatic N) is 1. The highest BCUT2D eigenvalue weighted by atomic mass is 16.2. The highest BCUT2D eigenvalue weighted by Crippen LogP contribution is 2.41. The minimum Gasteiger partial charge on any atom is -0.337 e. The van der Waals surface area contributed by atoms with E-state index in [2.05, 4.69) is 34.9 Å². The third-order valence-corrected chi connectivity index (χ3v) is 3.37. The van der Waals surface area contributed by atoms with Crippen molar-refractivity contribution in [2.75, 3.05) is 27.2 Å². The number of hydrogen-bond acceptors (Lipinski definition) is 2. The summed E-state index contributed by atoms with van der Waals surface area (Å²) in [4.78, 5) is 12.9. The lowest BCUT2D eigenvalue weighted by Gasteiger charge is -2.13. The molecule has 2 rings (SSSR count). The highest BCUT2D eigenvalue weighted by molar-refractivity contribution is 5.73. The molecule has 0 saturated heterocycles. The molecule has 0 atom stereocenters. The summed E-state index contributed by atoms with van der Waals surface area (Å²) >= 11 is 0. The Kier molecular flexibility index (Phi) is 4.80. The van der Waals surface area contributed by atoms with E-state index in [9.17, 15) is 4.79 Å². The van der Waals surface area contributed by atoms with Crippen molar-refractivity contribution in [1.29, 1.82) is 0 Å². The molecule has 2 amide bonds. The second kappa shape index (κ2) is 6.57. The molecule has 1 fully saturated rings. The molecule has 104 valence electrons. The molecule has 1 aromatic carbocycles. The average molecular weight is 261 g/mol. The van der Waals surface area contributed by atoms with Crippen LogP contribution in [0.25, 0.3) is 0 Å². The first kappa shape index (κ1) is 13.9. The van der Waals surface area contributed by atoms with E-state index in [1.165, 1.54) is 24.0 Å². The Morgan fingerprint density at radius 2 is 2.00 bits per heavy atom. The molecule has 0 aromatic heterocycles. The predicted molar refractivity (Wildman–Crippen MR) is 77.2 cm³/mol. The van der Waals surface area contributed by atoms with Crippen molar-refractivity contribution >= 4 is 6.03 Å². The predicted octanol–water partition coefficient (Wildman–Crippen LogP) is 1.92. The standard InChI is InChI=1S/C15H23N3O/c1-18(2)15(19)17-10-9-16-11-13-5-3-4-6-14(13)12-7-8-12/h3-6,12,16H,7-11H2,1-2H3,(H,17,19). The Morgan fingerprint density at radius 1 is 1.26 bits per heavy atom. The van der Waals surface area contributed by atoms with Crippen LogP contribution in [0, 0.1) is 0 Å². The lowest BCUT2D eigenvalue weighted by Crippen LogP contribution is -2.38. The van der Waals surface area contributed by atoms with Gasteiger partial charge in [0.05, 0.1) is 0 Å². The zero-order valence-corrected chi connectivity index (χ0v) is 11.8. The molecule has 4 heteroatoms. The van der Waals surface area contributed by atoms with Gasteiger partial charge in [-0.2, -0.15) is 0 Å². The molecular weight excluding hydrogens is 238 g/mol. The van der Waals surface area contributed by atoms with Crippen LogP contribution in [0.5, 0.6) is 0 Å². The summed E-state index contributed by atoms with van der Waals surface area (Å²) in [5.74, 6) is 0.784. The van der Waals surface area contributed by atoms with E-state index in [0.717, 1.165) is 19.0 Å². The van der Waals surface area contributed by atoms with Gasteiger partial charge in [0, 0.05) is 33.7 Å². The van der Waals surface area contributed by atoms with Crippen molar-refractivity contribution in [2.24, 2.45) is 0 Å². The lowest BCUT2D eigenvalue weighted by molar-refractivity contribution is 0.217. The summed E-state index contributed by atoms with van der Waals surface area (Å²) < 4.78 is 0. The van der Waals surface area contributed by atoms with E-state index in [1.54, 1.807) is 19.0 Å². The van der Waals surface area contributed by atoms with Crippen molar-refractivity contribution in [1.82, 2.24) is 15.5 Å². The monoisotopic (exact) mass is 261 g/mol. The van der Waals surface area contributed by atoms with Gasteiger partial charge in [-0.1, -0.05) is 24.3 Å². The first-order chi connectivity index (χ1) is 9.18. The summed E-state index contributed by atoms with van der Waals surface area (Å²) in [5, 5.41) is 6.23. The summed E-state index contributed by atoms with van der Waals surface area (Å²) in [6.07, 6.45) is 2.66. The van der Waals surface area contributed by atoms with E-state index in [4.69, 9.17) is 0 Å². The number of hydrogen-bond donors (Lipinski definition) is 2. The molecule has 0 bridgehead atoms. The van der Waals surface area contributed by atoms with Gasteiger partial charge >= 0.3 is 6.03 Å². The molecule has 19 heavy (non-hydrogen) atoms. The molecule has 1 aliphatic rings. The maximum atomic E-state index is 11.3. The fourth-order valence-electron chi connectivity index (χ4n) is 2.13. The maximum absolute atomic E-state index is 11.3. The topological polar surface area (TPSA) is 44.4 Å². The number of rotatable bonds is 6. The van der Waals surface area contributed by atoms with Gasteiger partial charge < -0.3 is 15.5 Å². The summed E-state index contributed by atoms with van der Waals surface area (Å²) in [6.45, 7) is 2.33. The number of nitrogens with one attached hydrogen (secondary N) is 2. The molecule has 2 N–H and O–H groups in total. The van der Waals surface area contributed by atoms with Gasteiger partial charge in [-0.15, -0.1) is 0 Å². The Bertz CT molecular complexity index is 427. The van der Waals surface area contributed by atoms with Gasteiger partial charge in [-0.3, -0.25) is 0 Å². The lowest BCUT2D eigenvalue weighted by atomic mass is 10.0. The third kappa shape index (κ3) is 4.24. The van der Waals surface area contributed by atoms with Gasteiger partial charge in [0.25, 0.3) is 0 Å². The van der Waals surface area contributed by atoms with Crippen LogP contribution in [0.4, 0.5) is 4.79 Å². The fourth-order valence-corrected chi connectivity index (χ4v) is 2.13. The van der Waals surface area contributed by atoms with Crippen LogP contribution in [-0.2, 0) is 6.54 Å². The zero-order valence-electron chi connectivity index (χ0n) is 11.8. The average Bonchev–Trinajstić information content (AvgIpc) is 3.22. The molecule has 0 unspecified atom stereocenters. The van der Waals surface area contributed by atoms with E-state index in [0.29, 0.717) is 6.54 Å². The van der Waals surface area contributed by atoms with Crippen LogP contribution >= 0.6 is 0 Å². The molecule has 0 radical (unpaired) electrons. The van der Waals surface area contributed by atoms with E-state index in [-0.39, 0.29) is 6.03 Å². The molecule has 0 aliphatic heterocycles. The summed E-state index contributed by atoms with van der Waals surface area (Å²) in [5.41, 5.74) is 2.89. The second-order valence-electron chi connectivity index (χ2n) is 5.28. The molecule has 1 aliphatic carbocycles. The van der Waals surface area contributed by atoms with Crippen molar-refractivity contribution in [3.8, 4) is 0 Å². The van der Waals surface area contributed by atoms with Crippen LogP contribution in [0.1, 0.15) is 29.9 Å². The van der Waals surface area contributed by atoms with E-state index < -0.39 is 0 Å². The van der Waals surface area contributed by atoms with E-state index >= 15 is 0 Å². The minimum atomic E-state index is -0.0415. The minimum absolute atomic E-state index is 0.0415. The first-order valence-corrected chi connectivity index (χ1v) is 6.92. The van der Waals surface area contributed by atoms with Crippen LogP contribution in [0.15, 0.2) is 24.3 Å². The SMILES string of the molecule is CN(C)C(=O)NCCNCc1ccccc1C1CC1. The Morgan fingerprint density at radius 3 is 2.68 bits per heavy atom. The largest absolute Gasteiger partial charge is 0.337 e. The third-order valence-electron chi connectivity index (χ3n) is 3.37. The molecule has 0 spiro atoms. The number of urea groups is 1.